The largest absolute Gasteiger partial charge is 0.294 e. The summed E-state index contributed by atoms with van der Waals surface area (Å²) in [5, 5.41) is 1.75. The lowest BCUT2D eigenvalue weighted by molar-refractivity contribution is -0.134. The molecule has 1 aromatic heterocycles. The van der Waals surface area contributed by atoms with E-state index in [1.165, 1.54) is 23.5 Å². The van der Waals surface area contributed by atoms with Gasteiger partial charge in [-0.2, -0.15) is 0 Å². The first kappa shape index (κ1) is 15.3. The molecule has 0 radical (unpaired) electrons. The first-order valence-corrected chi connectivity index (χ1v) is 7.23. The Balaban J connectivity index is 2.17. The van der Waals surface area contributed by atoms with Crippen LogP contribution in [0.5, 0.6) is 0 Å². The molecule has 1 heterocycles. The molecule has 0 aliphatic heterocycles. The van der Waals surface area contributed by atoms with E-state index in [-0.39, 0.29) is 11.6 Å². The number of thiophene rings is 1. The Morgan fingerprint density at radius 2 is 1.95 bits per heavy atom. The number of carbonyl (C=O) groups excluding carboxylic acids is 3. The van der Waals surface area contributed by atoms with Crippen molar-refractivity contribution in [1.29, 1.82) is 0 Å². The van der Waals surface area contributed by atoms with Crippen LogP contribution in [-0.2, 0) is 16.0 Å². The summed E-state index contributed by atoms with van der Waals surface area (Å²) in [6.45, 7) is 1.15. The van der Waals surface area contributed by atoms with E-state index in [1.54, 1.807) is 23.6 Å². The third kappa shape index (κ3) is 3.92. The van der Waals surface area contributed by atoms with Crippen LogP contribution in [0, 0.1) is 5.82 Å². The summed E-state index contributed by atoms with van der Waals surface area (Å²) in [5.41, 5.74) is 1.18. The van der Waals surface area contributed by atoms with Gasteiger partial charge in [0, 0.05) is 23.8 Å². The van der Waals surface area contributed by atoms with Gasteiger partial charge in [-0.3, -0.25) is 14.4 Å². The Morgan fingerprint density at radius 1 is 1.19 bits per heavy atom. The molecule has 0 N–H and O–H groups in total. The monoisotopic (exact) mass is 304 g/mol. The zero-order chi connectivity index (χ0) is 15.4. The molecule has 0 saturated carbocycles. The number of ketones is 3. The number of Topliss-reactive ketones (excluding diaryl/α,β-unsaturated/α-hetero) is 3. The molecule has 2 aromatic rings. The molecule has 0 saturated heterocycles. The molecular formula is C16H13FO3S. The maximum atomic E-state index is 13.2. The number of rotatable bonds is 6. The van der Waals surface area contributed by atoms with Crippen LogP contribution in [0.25, 0.3) is 0 Å². The Bertz CT molecular complexity index is 703. The number of hydrogen-bond acceptors (Lipinski definition) is 4. The molecule has 0 bridgehead atoms. The number of carbonyl (C=O) groups is 3. The van der Waals surface area contributed by atoms with Gasteiger partial charge >= 0.3 is 0 Å². The smallest absolute Gasteiger partial charge is 0.205 e. The molecule has 3 nitrogen and oxygen atoms in total. The quantitative estimate of drug-likeness (QED) is 0.468. The molecule has 2 rings (SSSR count). The third-order valence-corrected chi connectivity index (χ3v) is 3.93. The molecule has 108 valence electrons. The molecule has 0 atom stereocenters. The molecule has 21 heavy (non-hydrogen) atoms. The minimum atomic E-state index is -0.692. The van der Waals surface area contributed by atoms with Crippen LogP contribution in [0.15, 0.2) is 35.7 Å². The second kappa shape index (κ2) is 6.54. The van der Waals surface area contributed by atoms with Gasteiger partial charge < -0.3 is 0 Å². The van der Waals surface area contributed by atoms with Gasteiger partial charge in [-0.15, -0.1) is 11.3 Å². The molecule has 1 aromatic carbocycles. The van der Waals surface area contributed by atoms with Gasteiger partial charge in [-0.25, -0.2) is 4.39 Å². The minimum Gasteiger partial charge on any atom is -0.294 e. The maximum Gasteiger partial charge on any atom is 0.205 e. The van der Waals surface area contributed by atoms with Crippen molar-refractivity contribution in [3.8, 4) is 0 Å². The SMILES string of the molecule is CC(=O)C(=O)CC(=O)c1ccsc1Cc1cccc(F)c1. The highest BCUT2D eigenvalue weighted by Gasteiger charge is 2.19. The zero-order valence-corrected chi connectivity index (χ0v) is 12.2. The average Bonchev–Trinajstić information content (AvgIpc) is 2.86. The topological polar surface area (TPSA) is 51.2 Å². The molecule has 0 fully saturated rings. The number of benzene rings is 1. The zero-order valence-electron chi connectivity index (χ0n) is 11.4. The summed E-state index contributed by atoms with van der Waals surface area (Å²) in [6, 6.07) is 7.79. The Labute approximate surface area is 125 Å². The summed E-state index contributed by atoms with van der Waals surface area (Å²) >= 11 is 1.37. The van der Waals surface area contributed by atoms with Gasteiger partial charge in [0.1, 0.15) is 5.82 Å². The second-order valence-electron chi connectivity index (χ2n) is 4.64. The summed E-state index contributed by atoms with van der Waals surface area (Å²) in [4.78, 5) is 35.1. The maximum absolute atomic E-state index is 13.2. The predicted octanol–water partition coefficient (Wildman–Crippen LogP) is 3.21. The van der Waals surface area contributed by atoms with Gasteiger partial charge in [0.25, 0.3) is 0 Å². The number of hydrogen-bond donors (Lipinski definition) is 0. The van der Waals surface area contributed by atoms with E-state index < -0.39 is 18.0 Å². The lowest BCUT2D eigenvalue weighted by atomic mass is 10.0. The van der Waals surface area contributed by atoms with E-state index in [0.29, 0.717) is 12.0 Å². The van der Waals surface area contributed by atoms with Crippen LogP contribution in [-0.4, -0.2) is 17.3 Å². The second-order valence-corrected chi connectivity index (χ2v) is 5.64. The summed E-state index contributed by atoms with van der Waals surface area (Å²) < 4.78 is 13.2. The lowest BCUT2D eigenvalue weighted by Gasteiger charge is -2.03. The van der Waals surface area contributed by atoms with Crippen molar-refractivity contribution >= 4 is 28.7 Å². The Kier molecular flexibility index (Phi) is 4.75. The Hall–Kier alpha value is -2.14. The van der Waals surface area contributed by atoms with E-state index in [4.69, 9.17) is 0 Å². The van der Waals surface area contributed by atoms with Crippen LogP contribution in [0.2, 0.25) is 0 Å². The summed E-state index contributed by atoms with van der Waals surface area (Å²) in [7, 11) is 0. The van der Waals surface area contributed by atoms with Gasteiger partial charge in [-0.05, 0) is 29.1 Å². The molecule has 0 unspecified atom stereocenters. The summed E-state index contributed by atoms with van der Waals surface area (Å²) in [5.74, 6) is -2.01. The van der Waals surface area contributed by atoms with E-state index in [0.717, 1.165) is 17.4 Å². The minimum absolute atomic E-state index is 0.330. The van der Waals surface area contributed by atoms with E-state index >= 15 is 0 Å². The fraction of sp³-hybridized carbons (Fsp3) is 0.188. The molecular weight excluding hydrogens is 291 g/mol. The van der Waals surface area contributed by atoms with Gasteiger partial charge in [0.05, 0.1) is 6.42 Å². The fourth-order valence-corrected chi connectivity index (χ4v) is 2.85. The van der Waals surface area contributed by atoms with Crippen molar-refractivity contribution in [1.82, 2.24) is 0 Å². The van der Waals surface area contributed by atoms with Crippen LogP contribution < -0.4 is 0 Å². The highest BCUT2D eigenvalue weighted by Crippen LogP contribution is 2.22. The summed E-state index contributed by atoms with van der Waals surface area (Å²) in [6.07, 6.45) is 0.00692. The molecule has 0 spiro atoms. The van der Waals surface area contributed by atoms with Gasteiger partial charge in [0.15, 0.2) is 11.6 Å². The van der Waals surface area contributed by atoms with E-state index in [9.17, 15) is 18.8 Å². The normalized spacial score (nSPS) is 10.4. The first-order valence-electron chi connectivity index (χ1n) is 6.35. The van der Waals surface area contributed by atoms with Crippen LogP contribution in [0.3, 0.4) is 0 Å². The number of halogens is 1. The molecule has 5 heteroatoms. The van der Waals surface area contributed by atoms with Gasteiger partial charge in [-0.1, -0.05) is 12.1 Å². The van der Waals surface area contributed by atoms with Gasteiger partial charge in [0.2, 0.25) is 5.78 Å². The fourth-order valence-electron chi connectivity index (χ4n) is 1.92. The van der Waals surface area contributed by atoms with Crippen molar-refractivity contribution in [2.24, 2.45) is 0 Å². The highest BCUT2D eigenvalue weighted by molar-refractivity contribution is 7.10. The average molecular weight is 304 g/mol. The van der Waals surface area contributed by atoms with Crippen molar-refractivity contribution in [3.05, 3.63) is 57.5 Å². The third-order valence-electron chi connectivity index (χ3n) is 3.01. The van der Waals surface area contributed by atoms with Crippen LogP contribution >= 0.6 is 11.3 Å². The van der Waals surface area contributed by atoms with Crippen molar-refractivity contribution in [3.63, 3.8) is 0 Å². The molecule has 0 amide bonds. The van der Waals surface area contributed by atoms with Crippen LogP contribution in [0.1, 0.15) is 34.1 Å². The van der Waals surface area contributed by atoms with Crippen molar-refractivity contribution in [2.75, 3.05) is 0 Å². The molecule has 0 aliphatic rings. The predicted molar refractivity (Wildman–Crippen MR) is 78.2 cm³/mol. The highest BCUT2D eigenvalue weighted by atomic mass is 32.1. The van der Waals surface area contributed by atoms with Crippen molar-refractivity contribution in [2.45, 2.75) is 19.8 Å². The molecule has 0 aliphatic carbocycles. The standard InChI is InChI=1S/C16H13FO3S/c1-10(18)14(19)9-15(20)13-5-6-21-16(13)8-11-3-2-4-12(17)7-11/h2-7H,8-9H2,1H3. The van der Waals surface area contributed by atoms with E-state index in [2.05, 4.69) is 0 Å². The lowest BCUT2D eigenvalue weighted by Crippen LogP contribution is -2.15. The van der Waals surface area contributed by atoms with Crippen molar-refractivity contribution < 1.29 is 18.8 Å². The first-order chi connectivity index (χ1) is 9.97. The Morgan fingerprint density at radius 3 is 2.62 bits per heavy atom. The van der Waals surface area contributed by atoms with E-state index in [1.807, 2.05) is 0 Å². The van der Waals surface area contributed by atoms with Crippen LogP contribution in [0.4, 0.5) is 4.39 Å².